The topological polar surface area (TPSA) is 35.9 Å². The van der Waals surface area contributed by atoms with Gasteiger partial charge in [0.15, 0.2) is 5.76 Å². The summed E-state index contributed by atoms with van der Waals surface area (Å²) < 4.78 is 10.9. The molecule has 0 atom stereocenters. The van der Waals surface area contributed by atoms with Gasteiger partial charge in [0.05, 0.1) is 28.3 Å². The summed E-state index contributed by atoms with van der Waals surface area (Å²) in [6.07, 6.45) is 1.81. The fourth-order valence-corrected chi connectivity index (χ4v) is 5.68. The molecule has 0 aliphatic rings. The second kappa shape index (κ2) is 7.70. The number of para-hydroxylation sites is 3. The summed E-state index contributed by atoms with van der Waals surface area (Å²) >= 11 is 0. The van der Waals surface area contributed by atoms with Gasteiger partial charge in [-0.05, 0) is 36.4 Å². The molecule has 4 heteroatoms. The van der Waals surface area contributed by atoms with Crippen LogP contribution in [0, 0.1) is 0 Å². The Morgan fingerprint density at radius 3 is 1.70 bits per heavy atom. The van der Waals surface area contributed by atoms with Crippen molar-refractivity contribution in [3.8, 4) is 23.0 Å². The van der Waals surface area contributed by atoms with Crippen molar-refractivity contribution in [2.45, 2.75) is 0 Å². The van der Waals surface area contributed by atoms with Crippen molar-refractivity contribution in [1.82, 2.24) is 14.1 Å². The second-order valence-electron chi connectivity index (χ2n) is 9.27. The molecule has 0 radical (unpaired) electrons. The molecule has 0 saturated heterocycles. The Kier molecular flexibility index (Phi) is 4.19. The number of oxazole rings is 1. The predicted octanol–water partition coefficient (Wildman–Crippen LogP) is 8.54. The summed E-state index contributed by atoms with van der Waals surface area (Å²) in [5.74, 6) is 0.753. The Balaban J connectivity index is 1.50. The Labute approximate surface area is 212 Å². The van der Waals surface area contributed by atoms with Crippen LogP contribution in [-0.2, 0) is 0 Å². The van der Waals surface area contributed by atoms with Gasteiger partial charge in [0.2, 0.25) is 0 Å². The highest BCUT2D eigenvalue weighted by atomic mass is 16.4. The zero-order chi connectivity index (χ0) is 24.3. The maximum atomic E-state index is 6.35. The normalized spacial score (nSPS) is 11.8. The summed E-state index contributed by atoms with van der Waals surface area (Å²) in [5, 5.41) is 4.85. The molecule has 0 aliphatic heterocycles. The highest BCUT2D eigenvalue weighted by Gasteiger charge is 2.21. The van der Waals surface area contributed by atoms with Crippen LogP contribution in [0.1, 0.15) is 0 Å². The van der Waals surface area contributed by atoms with Gasteiger partial charge in [-0.2, -0.15) is 0 Å². The molecule has 3 aromatic heterocycles. The Hall–Kier alpha value is -5.09. The molecule has 0 N–H and O–H groups in total. The fourth-order valence-electron chi connectivity index (χ4n) is 5.68. The Morgan fingerprint density at radius 1 is 0.486 bits per heavy atom. The van der Waals surface area contributed by atoms with Crippen LogP contribution in [0.3, 0.4) is 0 Å². The Bertz CT molecular complexity index is 2080. The van der Waals surface area contributed by atoms with E-state index in [4.69, 9.17) is 9.40 Å². The van der Waals surface area contributed by atoms with E-state index in [1.54, 1.807) is 0 Å². The third kappa shape index (κ3) is 2.87. The van der Waals surface area contributed by atoms with E-state index < -0.39 is 0 Å². The zero-order valence-corrected chi connectivity index (χ0v) is 19.9. The molecule has 0 amide bonds. The van der Waals surface area contributed by atoms with Gasteiger partial charge in [0.25, 0.3) is 0 Å². The minimum Gasteiger partial charge on any atom is -0.423 e. The molecule has 3 heterocycles. The molecule has 0 unspecified atom stereocenters. The molecule has 0 fully saturated rings. The van der Waals surface area contributed by atoms with Crippen LogP contribution in [-0.4, -0.2) is 14.1 Å². The molecule has 5 aromatic carbocycles. The number of rotatable bonds is 3. The number of benzene rings is 5. The lowest BCUT2D eigenvalue weighted by Gasteiger charge is -2.07. The van der Waals surface area contributed by atoms with Gasteiger partial charge in [0.1, 0.15) is 0 Å². The zero-order valence-electron chi connectivity index (χ0n) is 19.9. The van der Waals surface area contributed by atoms with E-state index >= 15 is 0 Å². The van der Waals surface area contributed by atoms with Crippen LogP contribution >= 0.6 is 0 Å². The standard InChI is InChI=1S/C33H21N3O/c1-3-11-22(12-4-1)30-21-34-33(37-30)36-27-18-10-8-16-25(27)32-29(36)20-19-28-31(32)24-15-7-9-17-26(24)35(28)23-13-5-2-6-14-23/h1-21H. The molecule has 4 nitrogen and oxygen atoms in total. The third-order valence-electron chi connectivity index (χ3n) is 7.23. The van der Waals surface area contributed by atoms with Gasteiger partial charge in [-0.3, -0.25) is 4.57 Å². The number of hydrogen-bond donors (Lipinski definition) is 0. The number of aromatic nitrogens is 3. The molecule has 174 valence electrons. The van der Waals surface area contributed by atoms with Crippen molar-refractivity contribution in [2.24, 2.45) is 0 Å². The van der Waals surface area contributed by atoms with Gasteiger partial charge < -0.3 is 8.98 Å². The molecule has 0 saturated carbocycles. The first-order valence-electron chi connectivity index (χ1n) is 12.4. The summed E-state index contributed by atoms with van der Waals surface area (Å²) in [7, 11) is 0. The minimum absolute atomic E-state index is 0.566. The first kappa shape index (κ1) is 20.1. The van der Waals surface area contributed by atoms with Gasteiger partial charge >= 0.3 is 6.01 Å². The third-order valence-corrected chi connectivity index (χ3v) is 7.23. The molecule has 0 spiro atoms. The Morgan fingerprint density at radius 2 is 1.03 bits per heavy atom. The van der Waals surface area contributed by atoms with Crippen LogP contribution in [0.15, 0.2) is 132 Å². The smallest absolute Gasteiger partial charge is 0.307 e. The van der Waals surface area contributed by atoms with Crippen molar-refractivity contribution in [1.29, 1.82) is 0 Å². The van der Waals surface area contributed by atoms with E-state index in [9.17, 15) is 0 Å². The van der Waals surface area contributed by atoms with Gasteiger partial charge in [-0.25, -0.2) is 4.98 Å². The highest BCUT2D eigenvalue weighted by Crippen LogP contribution is 2.42. The van der Waals surface area contributed by atoms with Crippen LogP contribution in [0.4, 0.5) is 0 Å². The lowest BCUT2D eigenvalue weighted by atomic mass is 10.1. The number of nitrogens with zero attached hydrogens (tertiary/aromatic N) is 3. The van der Waals surface area contributed by atoms with Gasteiger partial charge in [-0.15, -0.1) is 0 Å². The summed E-state index contributed by atoms with van der Waals surface area (Å²) in [5.41, 5.74) is 6.68. The number of fused-ring (bicyclic) bond motifs is 7. The van der Waals surface area contributed by atoms with Crippen molar-refractivity contribution >= 4 is 43.6 Å². The van der Waals surface area contributed by atoms with E-state index in [-0.39, 0.29) is 0 Å². The average Bonchev–Trinajstić information content (AvgIpc) is 3.66. The first-order chi connectivity index (χ1) is 18.4. The molecule has 0 aliphatic carbocycles. The summed E-state index contributed by atoms with van der Waals surface area (Å²) in [6.45, 7) is 0. The molecule has 8 rings (SSSR count). The maximum absolute atomic E-state index is 6.35. The largest absolute Gasteiger partial charge is 0.423 e. The highest BCUT2D eigenvalue weighted by molar-refractivity contribution is 6.28. The van der Waals surface area contributed by atoms with Gasteiger partial charge in [0, 0.05) is 32.8 Å². The lowest BCUT2D eigenvalue weighted by molar-refractivity contribution is 0.548. The average molecular weight is 476 g/mol. The molecule has 0 bridgehead atoms. The van der Waals surface area contributed by atoms with Crippen molar-refractivity contribution in [3.63, 3.8) is 0 Å². The van der Waals surface area contributed by atoms with E-state index in [0.717, 1.165) is 28.0 Å². The minimum atomic E-state index is 0.566. The SMILES string of the molecule is c1ccc(-c2cnc(-n3c4ccccc4c4c5c6ccccc6n(-c6ccccc6)c5ccc43)o2)cc1. The quantitative estimate of drug-likeness (QED) is 0.257. The number of hydrogen-bond acceptors (Lipinski definition) is 2. The summed E-state index contributed by atoms with van der Waals surface area (Å²) in [6, 6.07) is 42.8. The van der Waals surface area contributed by atoms with E-state index in [1.165, 1.54) is 32.6 Å². The van der Waals surface area contributed by atoms with Crippen molar-refractivity contribution in [2.75, 3.05) is 0 Å². The molecular weight excluding hydrogens is 454 g/mol. The van der Waals surface area contributed by atoms with Crippen LogP contribution in [0.25, 0.3) is 66.6 Å². The van der Waals surface area contributed by atoms with Gasteiger partial charge in [-0.1, -0.05) is 84.9 Å². The van der Waals surface area contributed by atoms with E-state index in [1.807, 2.05) is 36.5 Å². The first-order valence-corrected chi connectivity index (χ1v) is 12.4. The van der Waals surface area contributed by atoms with Crippen LogP contribution < -0.4 is 0 Å². The van der Waals surface area contributed by atoms with E-state index in [2.05, 4.69) is 100 Å². The molecule has 37 heavy (non-hydrogen) atoms. The second-order valence-corrected chi connectivity index (χ2v) is 9.27. The van der Waals surface area contributed by atoms with Crippen molar-refractivity contribution in [3.05, 3.63) is 128 Å². The maximum Gasteiger partial charge on any atom is 0.307 e. The van der Waals surface area contributed by atoms with Crippen molar-refractivity contribution < 1.29 is 4.42 Å². The van der Waals surface area contributed by atoms with Crippen LogP contribution in [0.5, 0.6) is 0 Å². The van der Waals surface area contributed by atoms with Crippen LogP contribution in [0.2, 0.25) is 0 Å². The van der Waals surface area contributed by atoms with E-state index in [0.29, 0.717) is 6.01 Å². The summed E-state index contributed by atoms with van der Waals surface area (Å²) in [4.78, 5) is 4.72. The predicted molar refractivity (Wildman–Crippen MR) is 151 cm³/mol. The fraction of sp³-hybridized carbons (Fsp3) is 0. The molecular formula is C33H21N3O. The lowest BCUT2D eigenvalue weighted by Crippen LogP contribution is -1.94. The monoisotopic (exact) mass is 475 g/mol. The molecule has 8 aromatic rings.